The van der Waals surface area contributed by atoms with Crippen LogP contribution < -0.4 is 19.4 Å². The van der Waals surface area contributed by atoms with Gasteiger partial charge in [0.1, 0.15) is 17.3 Å². The Morgan fingerprint density at radius 2 is 1.31 bits per heavy atom. The van der Waals surface area contributed by atoms with Gasteiger partial charge in [0.2, 0.25) is 0 Å². The van der Waals surface area contributed by atoms with Crippen LogP contribution in [0, 0.1) is 0 Å². The molecule has 0 aliphatic carbocycles. The van der Waals surface area contributed by atoms with Crippen LogP contribution in [-0.4, -0.2) is 16.2 Å². The fraction of sp³-hybridized carbons (Fsp3) is 0.218. The number of benzene rings is 6. The predicted octanol–water partition coefficient (Wildman–Crippen LogP) is 14.9. The Bertz CT molecular complexity index is 3150. The lowest BCUT2D eigenvalue weighted by Gasteiger charge is -2.45. The summed E-state index contributed by atoms with van der Waals surface area (Å²) in [4.78, 5) is 14.6. The summed E-state index contributed by atoms with van der Waals surface area (Å²) < 4.78 is 9.02. The van der Waals surface area contributed by atoms with Crippen LogP contribution in [0.15, 0.2) is 162 Å². The zero-order valence-electron chi connectivity index (χ0n) is 36.7. The van der Waals surface area contributed by atoms with E-state index in [2.05, 4.69) is 214 Å². The van der Waals surface area contributed by atoms with E-state index in [1.165, 1.54) is 65.6 Å². The van der Waals surface area contributed by atoms with Crippen molar-refractivity contribution in [1.82, 2.24) is 9.55 Å². The number of anilines is 5. The van der Waals surface area contributed by atoms with Gasteiger partial charge in [-0.3, -0.25) is 4.57 Å². The van der Waals surface area contributed by atoms with Crippen LogP contribution in [0.25, 0.3) is 27.6 Å². The van der Waals surface area contributed by atoms with Crippen molar-refractivity contribution in [3.05, 3.63) is 174 Å². The summed E-state index contributed by atoms with van der Waals surface area (Å²) in [5.74, 6) is 2.47. The van der Waals surface area contributed by atoms with Crippen molar-refractivity contribution in [2.24, 2.45) is 0 Å². The van der Waals surface area contributed by atoms with Crippen LogP contribution in [0.5, 0.6) is 11.5 Å². The van der Waals surface area contributed by atoms with E-state index in [0.29, 0.717) is 6.67 Å². The Morgan fingerprint density at radius 1 is 0.581 bits per heavy atom. The van der Waals surface area contributed by atoms with Crippen molar-refractivity contribution in [3.63, 3.8) is 0 Å². The maximum absolute atomic E-state index is 6.72. The zero-order chi connectivity index (χ0) is 42.7. The third-order valence-electron chi connectivity index (χ3n) is 13.0. The van der Waals surface area contributed by atoms with E-state index in [4.69, 9.17) is 9.72 Å². The molecule has 0 N–H and O–H groups in total. The molecule has 3 aliphatic heterocycles. The minimum absolute atomic E-state index is 0.00896. The minimum Gasteiger partial charge on any atom is -0.457 e. The first-order valence-electron chi connectivity index (χ1n) is 21.6. The first-order chi connectivity index (χ1) is 29.7. The summed E-state index contributed by atoms with van der Waals surface area (Å²) in [6.45, 7) is 19.0. The van der Waals surface area contributed by atoms with Crippen molar-refractivity contribution >= 4 is 62.0 Å². The van der Waals surface area contributed by atoms with Gasteiger partial charge in [-0.1, -0.05) is 110 Å². The van der Waals surface area contributed by atoms with E-state index in [9.17, 15) is 0 Å². The molecule has 2 aromatic heterocycles. The maximum atomic E-state index is 6.72. The van der Waals surface area contributed by atoms with Crippen LogP contribution in [-0.2, 0) is 16.2 Å². The Hall–Kier alpha value is -6.44. The largest absolute Gasteiger partial charge is 0.457 e. The highest BCUT2D eigenvalue weighted by Crippen LogP contribution is 2.60. The molecule has 0 atom stereocenters. The number of hydrogen-bond acceptors (Lipinski definition) is 6. The smallest absolute Gasteiger partial charge is 0.137 e. The number of ether oxygens (including phenoxy) is 1. The summed E-state index contributed by atoms with van der Waals surface area (Å²) in [6.07, 6.45) is 6.31. The Morgan fingerprint density at radius 3 is 2.11 bits per heavy atom. The first kappa shape index (κ1) is 38.5. The Labute approximate surface area is 369 Å². The van der Waals surface area contributed by atoms with Gasteiger partial charge in [0.25, 0.3) is 0 Å². The SMILES string of the molecule is CC(C)(C)c1ccnc(-n2c3ccc(C(C)(C)C)cc3c3ccc(Oc4cccc(N5C=CN(c6cc7c8c(c6)C(C)(C)c6ccccc6N8c6ccccc6S7)C5)c4)cc32)c1. The average molecular weight is 830 g/mol. The Balaban J connectivity index is 0.911. The third kappa shape index (κ3) is 6.19. The minimum atomic E-state index is -0.172. The van der Waals surface area contributed by atoms with Gasteiger partial charge in [-0.25, -0.2) is 4.98 Å². The lowest BCUT2D eigenvalue weighted by Crippen LogP contribution is -2.33. The van der Waals surface area contributed by atoms with Gasteiger partial charge in [0.15, 0.2) is 0 Å². The van der Waals surface area contributed by atoms with E-state index in [0.717, 1.165) is 34.0 Å². The van der Waals surface area contributed by atoms with Gasteiger partial charge < -0.3 is 19.4 Å². The second kappa shape index (κ2) is 13.8. The fourth-order valence-corrected chi connectivity index (χ4v) is 10.6. The van der Waals surface area contributed by atoms with Gasteiger partial charge in [-0.05, 0) is 112 Å². The third-order valence-corrected chi connectivity index (χ3v) is 14.1. The molecule has 0 saturated heterocycles. The number of pyridine rings is 1. The average Bonchev–Trinajstić information content (AvgIpc) is 3.88. The maximum Gasteiger partial charge on any atom is 0.137 e. The molecule has 0 amide bonds. The van der Waals surface area contributed by atoms with Gasteiger partial charge in [-0.15, -0.1) is 0 Å². The molecule has 6 aromatic carbocycles. The highest BCUT2D eigenvalue weighted by atomic mass is 32.2. The zero-order valence-corrected chi connectivity index (χ0v) is 37.5. The molecule has 0 bridgehead atoms. The van der Waals surface area contributed by atoms with Crippen molar-refractivity contribution < 1.29 is 4.74 Å². The predicted molar refractivity (Wildman–Crippen MR) is 259 cm³/mol. The Kier molecular flexibility index (Phi) is 8.55. The molecule has 5 heterocycles. The quantitative estimate of drug-likeness (QED) is 0.172. The van der Waals surface area contributed by atoms with Crippen molar-refractivity contribution in [2.45, 2.75) is 81.4 Å². The molecule has 62 heavy (non-hydrogen) atoms. The van der Waals surface area contributed by atoms with Gasteiger partial charge in [-0.2, -0.15) is 0 Å². The number of fused-ring (bicyclic) bond motifs is 7. The molecular formula is C55H51N5OS. The highest BCUT2D eigenvalue weighted by molar-refractivity contribution is 7.99. The molecule has 11 rings (SSSR count). The normalized spacial score (nSPS) is 15.3. The summed E-state index contributed by atoms with van der Waals surface area (Å²) in [7, 11) is 0. The van der Waals surface area contributed by atoms with Gasteiger partial charge >= 0.3 is 0 Å². The highest BCUT2D eigenvalue weighted by Gasteiger charge is 2.41. The van der Waals surface area contributed by atoms with Gasteiger partial charge in [0.05, 0.1) is 34.8 Å². The van der Waals surface area contributed by atoms with E-state index in [-0.39, 0.29) is 16.2 Å². The summed E-state index contributed by atoms with van der Waals surface area (Å²) >= 11 is 1.87. The van der Waals surface area contributed by atoms with Crippen LogP contribution in [0.4, 0.5) is 28.4 Å². The lowest BCUT2D eigenvalue weighted by molar-refractivity contribution is 0.483. The van der Waals surface area contributed by atoms with Gasteiger partial charge in [0, 0.05) is 68.1 Å². The molecule has 7 heteroatoms. The van der Waals surface area contributed by atoms with Crippen molar-refractivity contribution in [1.29, 1.82) is 0 Å². The second-order valence-electron chi connectivity index (χ2n) is 19.5. The van der Waals surface area contributed by atoms with Crippen LogP contribution in [0.1, 0.15) is 77.6 Å². The van der Waals surface area contributed by atoms with Crippen LogP contribution in [0.3, 0.4) is 0 Å². The number of hydrogen-bond donors (Lipinski definition) is 0. The molecule has 0 unspecified atom stereocenters. The van der Waals surface area contributed by atoms with Crippen LogP contribution in [0.2, 0.25) is 0 Å². The number of aromatic nitrogens is 2. The summed E-state index contributed by atoms with van der Waals surface area (Å²) in [6, 6.07) is 48.6. The number of para-hydroxylation sites is 2. The second-order valence-corrected chi connectivity index (χ2v) is 20.6. The molecule has 8 aromatic rings. The topological polar surface area (TPSA) is 36.8 Å². The molecule has 0 fully saturated rings. The number of nitrogens with zero attached hydrogens (tertiary/aromatic N) is 5. The molecule has 6 nitrogen and oxygen atoms in total. The monoisotopic (exact) mass is 829 g/mol. The molecule has 3 aliphatic rings. The van der Waals surface area contributed by atoms with E-state index in [1.807, 2.05) is 24.0 Å². The molecule has 0 saturated carbocycles. The summed E-state index contributed by atoms with van der Waals surface area (Å²) in [5, 5.41) is 2.39. The van der Waals surface area contributed by atoms with E-state index < -0.39 is 0 Å². The van der Waals surface area contributed by atoms with E-state index >= 15 is 0 Å². The lowest BCUT2D eigenvalue weighted by atomic mass is 9.73. The molecule has 0 spiro atoms. The van der Waals surface area contributed by atoms with Crippen molar-refractivity contribution in [2.75, 3.05) is 21.4 Å². The first-order valence-corrected chi connectivity index (χ1v) is 22.4. The fourth-order valence-electron chi connectivity index (χ4n) is 9.50. The molecule has 0 radical (unpaired) electrons. The van der Waals surface area contributed by atoms with Crippen molar-refractivity contribution in [3.8, 4) is 17.3 Å². The summed E-state index contributed by atoms with van der Waals surface area (Å²) in [5.41, 5.74) is 13.3. The molecular weight excluding hydrogens is 779 g/mol. The number of rotatable bonds is 5. The van der Waals surface area contributed by atoms with Crippen LogP contribution >= 0.6 is 11.8 Å². The van der Waals surface area contributed by atoms with E-state index in [1.54, 1.807) is 0 Å². The standard InChI is InChI=1S/C55H51N5OS/c1-53(2,3)35-20-23-45-42(28-35)41-22-21-40(33-48(41)59(45)51-29-36(24-25-56-51)54(4,5)6)61-39-15-13-14-37(30-39)57-26-27-58(34-57)38-31-44-52-50(32-38)62-49-19-12-11-18-47(49)60(52)46-17-10-9-16-43(46)55(44,7)8/h9-33H,34H2,1-8H3. The molecule has 308 valence electrons.